The maximum Gasteiger partial charge on any atom is 0.287 e. The van der Waals surface area contributed by atoms with Crippen molar-refractivity contribution in [2.45, 2.75) is 31.8 Å². The van der Waals surface area contributed by atoms with Crippen molar-refractivity contribution >= 4 is 16.9 Å². The standard InChI is InChI=1S/C17H18FNO4/c18-11-5-6-15-12(7-11)14(21)8-16(23-15)17(22)19-9-10-3-1-2-4-13(10)20/h5-8,10,13,20H,1-4,9H2,(H,19,22)/t10?,13-/m0/s1. The molecule has 23 heavy (non-hydrogen) atoms. The third-order valence-corrected chi connectivity index (χ3v) is 4.31. The van der Waals surface area contributed by atoms with Crippen molar-refractivity contribution in [2.75, 3.05) is 6.54 Å². The molecule has 1 amide bonds. The van der Waals surface area contributed by atoms with Crippen molar-refractivity contribution in [3.05, 3.63) is 46.1 Å². The summed E-state index contributed by atoms with van der Waals surface area (Å²) in [5.74, 6) is -1.13. The van der Waals surface area contributed by atoms with Gasteiger partial charge in [0.15, 0.2) is 11.2 Å². The molecule has 1 fully saturated rings. The lowest BCUT2D eigenvalue weighted by atomic mass is 9.86. The molecule has 1 aliphatic rings. The molecule has 2 aromatic rings. The quantitative estimate of drug-likeness (QED) is 0.909. The normalized spacial score (nSPS) is 21.3. The van der Waals surface area contributed by atoms with Crippen LogP contribution in [0.25, 0.3) is 11.0 Å². The predicted octanol–water partition coefficient (Wildman–Crippen LogP) is 2.21. The van der Waals surface area contributed by atoms with E-state index in [1.165, 1.54) is 12.1 Å². The van der Waals surface area contributed by atoms with Gasteiger partial charge in [0.1, 0.15) is 11.4 Å². The molecule has 1 heterocycles. The number of hydrogen-bond acceptors (Lipinski definition) is 4. The smallest absolute Gasteiger partial charge is 0.287 e. The average Bonchev–Trinajstić information content (AvgIpc) is 2.54. The fourth-order valence-corrected chi connectivity index (χ4v) is 2.98. The summed E-state index contributed by atoms with van der Waals surface area (Å²) >= 11 is 0. The van der Waals surface area contributed by atoms with E-state index < -0.39 is 23.3 Å². The van der Waals surface area contributed by atoms with Crippen molar-refractivity contribution in [1.82, 2.24) is 5.32 Å². The monoisotopic (exact) mass is 319 g/mol. The number of amides is 1. The summed E-state index contributed by atoms with van der Waals surface area (Å²) in [6, 6.07) is 4.65. The van der Waals surface area contributed by atoms with Crippen LogP contribution in [0.3, 0.4) is 0 Å². The van der Waals surface area contributed by atoms with Crippen molar-refractivity contribution in [1.29, 1.82) is 0 Å². The van der Waals surface area contributed by atoms with Crippen LogP contribution in [-0.2, 0) is 0 Å². The Kier molecular flexibility index (Phi) is 4.43. The number of carbonyl (C=O) groups is 1. The minimum Gasteiger partial charge on any atom is -0.451 e. The first-order valence-electron chi connectivity index (χ1n) is 7.74. The molecule has 2 atom stereocenters. The van der Waals surface area contributed by atoms with Crippen molar-refractivity contribution in [3.63, 3.8) is 0 Å². The molecule has 122 valence electrons. The maximum atomic E-state index is 13.2. The van der Waals surface area contributed by atoms with Crippen LogP contribution in [0.15, 0.2) is 33.5 Å². The Morgan fingerprint density at radius 3 is 2.87 bits per heavy atom. The van der Waals surface area contributed by atoms with Gasteiger partial charge in [-0.25, -0.2) is 4.39 Å². The molecule has 1 saturated carbocycles. The molecule has 0 aliphatic heterocycles. The highest BCUT2D eigenvalue weighted by Crippen LogP contribution is 2.23. The summed E-state index contributed by atoms with van der Waals surface area (Å²) in [6.07, 6.45) is 3.24. The van der Waals surface area contributed by atoms with Gasteiger partial charge in [-0.05, 0) is 31.0 Å². The van der Waals surface area contributed by atoms with Gasteiger partial charge in [-0.15, -0.1) is 0 Å². The second-order valence-electron chi connectivity index (χ2n) is 5.94. The highest BCUT2D eigenvalue weighted by Gasteiger charge is 2.24. The fraction of sp³-hybridized carbons (Fsp3) is 0.412. The van der Waals surface area contributed by atoms with Crippen LogP contribution in [0.1, 0.15) is 36.2 Å². The molecular weight excluding hydrogens is 301 g/mol. The number of carbonyl (C=O) groups excluding carboxylic acids is 1. The Hall–Kier alpha value is -2.21. The number of nitrogens with one attached hydrogen (secondary N) is 1. The number of aliphatic hydroxyl groups is 1. The molecule has 0 radical (unpaired) electrons. The topological polar surface area (TPSA) is 79.5 Å². The molecular formula is C17H18FNO4. The Balaban J connectivity index is 1.76. The Morgan fingerprint density at radius 1 is 1.30 bits per heavy atom. The average molecular weight is 319 g/mol. The summed E-state index contributed by atoms with van der Waals surface area (Å²) in [5.41, 5.74) is -0.296. The van der Waals surface area contributed by atoms with E-state index in [-0.39, 0.29) is 22.6 Å². The number of rotatable bonds is 3. The van der Waals surface area contributed by atoms with Crippen LogP contribution in [0.5, 0.6) is 0 Å². The van der Waals surface area contributed by atoms with E-state index in [4.69, 9.17) is 4.42 Å². The molecule has 6 heteroatoms. The fourth-order valence-electron chi connectivity index (χ4n) is 2.98. The van der Waals surface area contributed by atoms with Gasteiger partial charge in [-0.2, -0.15) is 0 Å². The number of halogens is 1. The van der Waals surface area contributed by atoms with Gasteiger partial charge in [0, 0.05) is 18.5 Å². The van der Waals surface area contributed by atoms with Gasteiger partial charge in [-0.3, -0.25) is 9.59 Å². The third-order valence-electron chi connectivity index (χ3n) is 4.31. The van der Waals surface area contributed by atoms with Crippen molar-refractivity contribution in [2.24, 2.45) is 5.92 Å². The molecule has 3 rings (SSSR count). The first-order valence-corrected chi connectivity index (χ1v) is 7.74. The first-order chi connectivity index (χ1) is 11.0. The third kappa shape index (κ3) is 3.42. The van der Waals surface area contributed by atoms with E-state index in [1.807, 2.05) is 0 Å². The number of benzene rings is 1. The molecule has 5 nitrogen and oxygen atoms in total. The summed E-state index contributed by atoms with van der Waals surface area (Å²) < 4.78 is 18.5. The van der Waals surface area contributed by atoms with E-state index in [1.54, 1.807) is 0 Å². The predicted molar refractivity (Wildman–Crippen MR) is 82.7 cm³/mol. The highest BCUT2D eigenvalue weighted by molar-refractivity contribution is 5.93. The van der Waals surface area contributed by atoms with Gasteiger partial charge in [0.25, 0.3) is 5.91 Å². The Labute approximate surface area is 132 Å². The molecule has 0 saturated heterocycles. The van der Waals surface area contributed by atoms with Crippen molar-refractivity contribution in [3.8, 4) is 0 Å². The van der Waals surface area contributed by atoms with E-state index in [9.17, 15) is 19.1 Å². The molecule has 0 bridgehead atoms. The zero-order valence-corrected chi connectivity index (χ0v) is 12.5. The second kappa shape index (κ2) is 6.50. The second-order valence-corrected chi connectivity index (χ2v) is 5.94. The van der Waals surface area contributed by atoms with Gasteiger partial charge in [0.2, 0.25) is 0 Å². The van der Waals surface area contributed by atoms with E-state index in [0.29, 0.717) is 6.54 Å². The van der Waals surface area contributed by atoms with Crippen LogP contribution in [-0.4, -0.2) is 23.7 Å². The Morgan fingerprint density at radius 2 is 2.09 bits per heavy atom. The van der Waals surface area contributed by atoms with Crippen molar-refractivity contribution < 1.29 is 18.7 Å². The van der Waals surface area contributed by atoms with Gasteiger partial charge < -0.3 is 14.8 Å². The first kappa shape index (κ1) is 15.7. The highest BCUT2D eigenvalue weighted by atomic mass is 19.1. The minimum atomic E-state index is -0.534. The summed E-state index contributed by atoms with van der Waals surface area (Å²) in [5, 5.41) is 12.7. The zero-order valence-electron chi connectivity index (χ0n) is 12.5. The van der Waals surface area contributed by atoms with E-state index >= 15 is 0 Å². The van der Waals surface area contributed by atoms with Gasteiger partial charge >= 0.3 is 0 Å². The lowest BCUT2D eigenvalue weighted by molar-refractivity contribution is 0.0656. The molecule has 1 unspecified atom stereocenters. The summed E-state index contributed by atoms with van der Waals surface area (Å²) in [4.78, 5) is 24.1. The van der Waals surface area contributed by atoms with Gasteiger partial charge in [0.05, 0.1) is 11.5 Å². The van der Waals surface area contributed by atoms with Crippen LogP contribution in [0, 0.1) is 11.7 Å². The van der Waals surface area contributed by atoms with Crippen LogP contribution < -0.4 is 10.7 Å². The van der Waals surface area contributed by atoms with E-state index in [0.717, 1.165) is 37.8 Å². The largest absolute Gasteiger partial charge is 0.451 e. The number of aliphatic hydroxyl groups excluding tert-OH is 1. The SMILES string of the molecule is O=C(NCC1CCCC[C@@H]1O)c1cc(=O)c2cc(F)ccc2o1. The molecule has 0 spiro atoms. The summed E-state index contributed by atoms with van der Waals surface area (Å²) in [7, 11) is 0. The molecule has 1 aromatic heterocycles. The number of fused-ring (bicyclic) bond motifs is 1. The number of hydrogen-bond donors (Lipinski definition) is 2. The molecule has 1 aromatic carbocycles. The lowest BCUT2D eigenvalue weighted by Gasteiger charge is -2.27. The van der Waals surface area contributed by atoms with Gasteiger partial charge in [-0.1, -0.05) is 12.8 Å². The van der Waals surface area contributed by atoms with Crippen LogP contribution in [0.4, 0.5) is 4.39 Å². The minimum absolute atomic E-state index is 0.0222. The van der Waals surface area contributed by atoms with Crippen LogP contribution >= 0.6 is 0 Å². The van der Waals surface area contributed by atoms with Crippen LogP contribution in [0.2, 0.25) is 0 Å². The molecule has 1 aliphatic carbocycles. The molecule has 2 N–H and O–H groups in total. The van der Waals surface area contributed by atoms with E-state index in [2.05, 4.69) is 5.32 Å². The maximum absolute atomic E-state index is 13.2. The zero-order chi connectivity index (χ0) is 16.4. The summed E-state index contributed by atoms with van der Waals surface area (Å²) in [6.45, 7) is 0.338. The lowest BCUT2D eigenvalue weighted by Crippen LogP contribution is -2.36. The Bertz CT molecular complexity index is 786.